The summed E-state index contributed by atoms with van der Waals surface area (Å²) >= 11 is 0. The highest BCUT2D eigenvalue weighted by Crippen LogP contribution is 2.21. The summed E-state index contributed by atoms with van der Waals surface area (Å²) in [6.07, 6.45) is 5.40. The van der Waals surface area contributed by atoms with Crippen LogP contribution < -0.4 is 15.0 Å². The van der Waals surface area contributed by atoms with Crippen LogP contribution in [-0.2, 0) is 16.1 Å². The van der Waals surface area contributed by atoms with Crippen LogP contribution in [0.3, 0.4) is 0 Å². The number of nitrogens with one attached hydrogen (secondary N) is 1. The van der Waals surface area contributed by atoms with E-state index in [9.17, 15) is 9.59 Å². The Kier molecular flexibility index (Phi) is 7.29. The van der Waals surface area contributed by atoms with Gasteiger partial charge in [0.05, 0.1) is 7.11 Å². The fourth-order valence-electron chi connectivity index (χ4n) is 3.97. The summed E-state index contributed by atoms with van der Waals surface area (Å²) in [5.74, 6) is 0.622. The second-order valence-corrected chi connectivity index (χ2v) is 8.09. The largest absolute Gasteiger partial charge is 0.497 e. The SMILES string of the molecule is COc1ccc(N(CC(=O)NC2CCCCC2)C(=O)Cn2nnc(-c3ccccc3)n2)cc1. The maximum atomic E-state index is 13.2. The topological polar surface area (TPSA) is 102 Å². The number of tetrazole rings is 1. The van der Waals surface area contributed by atoms with Crippen molar-refractivity contribution in [2.45, 2.75) is 44.7 Å². The minimum absolute atomic E-state index is 0.0814. The Morgan fingerprint density at radius 2 is 1.79 bits per heavy atom. The molecule has 0 spiro atoms. The lowest BCUT2D eigenvalue weighted by Gasteiger charge is -2.26. The summed E-state index contributed by atoms with van der Waals surface area (Å²) in [6.45, 7) is -0.218. The summed E-state index contributed by atoms with van der Waals surface area (Å²) in [5.41, 5.74) is 1.41. The van der Waals surface area contributed by atoms with Crippen LogP contribution in [0.25, 0.3) is 11.4 Å². The summed E-state index contributed by atoms with van der Waals surface area (Å²) in [7, 11) is 1.58. The third kappa shape index (κ3) is 5.94. The van der Waals surface area contributed by atoms with E-state index in [4.69, 9.17) is 4.74 Å². The third-order valence-electron chi connectivity index (χ3n) is 5.72. The first kappa shape index (κ1) is 22.4. The molecule has 1 heterocycles. The molecule has 0 bridgehead atoms. The molecule has 9 heteroatoms. The highest BCUT2D eigenvalue weighted by Gasteiger charge is 2.23. The van der Waals surface area contributed by atoms with E-state index < -0.39 is 0 Å². The number of methoxy groups -OCH3 is 1. The first-order valence-corrected chi connectivity index (χ1v) is 11.2. The van der Waals surface area contributed by atoms with Gasteiger partial charge in [-0.15, -0.1) is 10.2 Å². The number of aromatic nitrogens is 4. The van der Waals surface area contributed by atoms with Crippen molar-refractivity contribution in [3.63, 3.8) is 0 Å². The number of hydrogen-bond acceptors (Lipinski definition) is 6. The predicted molar refractivity (Wildman–Crippen MR) is 124 cm³/mol. The number of nitrogens with zero attached hydrogens (tertiary/aromatic N) is 5. The summed E-state index contributed by atoms with van der Waals surface area (Å²) < 4.78 is 5.22. The van der Waals surface area contributed by atoms with E-state index >= 15 is 0 Å². The molecule has 0 unspecified atom stereocenters. The standard InChI is InChI=1S/C24H28N6O3/c1-33-21-14-12-20(13-15-21)29(16-22(31)25-19-10-6-3-7-11-19)23(32)17-30-27-24(26-28-30)18-8-4-2-5-9-18/h2,4-5,8-9,12-15,19H,3,6-7,10-11,16-17H2,1H3,(H,25,31). The van der Waals surface area contributed by atoms with Crippen molar-refractivity contribution in [1.82, 2.24) is 25.5 Å². The Balaban J connectivity index is 1.48. The van der Waals surface area contributed by atoms with E-state index in [0.717, 1.165) is 31.2 Å². The summed E-state index contributed by atoms with van der Waals surface area (Å²) in [5, 5.41) is 15.5. The molecule has 1 fully saturated rings. The van der Waals surface area contributed by atoms with Crippen molar-refractivity contribution in [2.75, 3.05) is 18.6 Å². The van der Waals surface area contributed by atoms with Crippen LogP contribution in [0, 0.1) is 0 Å². The first-order valence-electron chi connectivity index (χ1n) is 11.2. The van der Waals surface area contributed by atoms with Crippen molar-refractivity contribution in [2.24, 2.45) is 0 Å². The number of anilines is 1. The number of carbonyl (C=O) groups excluding carboxylic acids is 2. The Hall–Kier alpha value is -3.75. The Labute approximate surface area is 192 Å². The number of amides is 2. The van der Waals surface area contributed by atoms with Crippen LogP contribution in [0.1, 0.15) is 32.1 Å². The van der Waals surface area contributed by atoms with Crippen molar-refractivity contribution in [1.29, 1.82) is 0 Å². The quantitative estimate of drug-likeness (QED) is 0.569. The van der Waals surface area contributed by atoms with Crippen LogP contribution in [0.2, 0.25) is 0 Å². The number of benzene rings is 2. The molecule has 1 aliphatic rings. The summed E-state index contributed by atoms with van der Waals surface area (Å²) in [6, 6.07) is 16.6. The minimum Gasteiger partial charge on any atom is -0.497 e. The number of hydrogen-bond donors (Lipinski definition) is 1. The molecule has 3 aromatic rings. The molecular weight excluding hydrogens is 420 g/mol. The predicted octanol–water partition coefficient (Wildman–Crippen LogP) is 2.83. The van der Waals surface area contributed by atoms with E-state index in [1.165, 1.54) is 16.1 Å². The van der Waals surface area contributed by atoms with Gasteiger partial charge in [0.25, 0.3) is 5.91 Å². The maximum Gasteiger partial charge on any atom is 0.251 e. The normalized spacial score (nSPS) is 14.0. The van der Waals surface area contributed by atoms with Crippen molar-refractivity contribution >= 4 is 17.5 Å². The van der Waals surface area contributed by atoms with Crippen molar-refractivity contribution < 1.29 is 14.3 Å². The van der Waals surface area contributed by atoms with Gasteiger partial charge in [-0.05, 0) is 42.3 Å². The second-order valence-electron chi connectivity index (χ2n) is 8.09. The Bertz CT molecular complexity index is 1060. The number of rotatable bonds is 8. The molecule has 9 nitrogen and oxygen atoms in total. The van der Waals surface area contributed by atoms with Gasteiger partial charge >= 0.3 is 0 Å². The van der Waals surface area contributed by atoms with Gasteiger partial charge in [-0.1, -0.05) is 49.6 Å². The highest BCUT2D eigenvalue weighted by atomic mass is 16.5. The van der Waals surface area contributed by atoms with Gasteiger partial charge in [-0.2, -0.15) is 4.80 Å². The molecule has 1 saturated carbocycles. The number of ether oxygens (including phenoxy) is 1. The van der Waals surface area contributed by atoms with Gasteiger partial charge in [0.15, 0.2) is 0 Å². The van der Waals surface area contributed by atoms with E-state index in [1.54, 1.807) is 31.4 Å². The smallest absolute Gasteiger partial charge is 0.251 e. The summed E-state index contributed by atoms with van der Waals surface area (Å²) in [4.78, 5) is 28.7. The van der Waals surface area contributed by atoms with Gasteiger partial charge in [0.1, 0.15) is 18.8 Å². The molecule has 1 aliphatic carbocycles. The van der Waals surface area contributed by atoms with Crippen molar-refractivity contribution in [3.05, 3.63) is 54.6 Å². The van der Waals surface area contributed by atoms with Crippen LogP contribution >= 0.6 is 0 Å². The fourth-order valence-corrected chi connectivity index (χ4v) is 3.97. The van der Waals surface area contributed by atoms with Gasteiger partial charge < -0.3 is 15.0 Å². The lowest BCUT2D eigenvalue weighted by atomic mass is 9.95. The Morgan fingerprint density at radius 3 is 2.48 bits per heavy atom. The zero-order valence-electron chi connectivity index (χ0n) is 18.7. The molecule has 0 radical (unpaired) electrons. The minimum atomic E-state index is -0.309. The average molecular weight is 449 g/mol. The molecule has 2 amide bonds. The zero-order chi connectivity index (χ0) is 23.0. The van der Waals surface area contributed by atoms with Crippen LogP contribution in [0.15, 0.2) is 54.6 Å². The number of carbonyl (C=O) groups is 2. The van der Waals surface area contributed by atoms with Crippen LogP contribution in [-0.4, -0.2) is 51.7 Å². The molecule has 0 atom stereocenters. The highest BCUT2D eigenvalue weighted by molar-refractivity contribution is 5.98. The molecule has 33 heavy (non-hydrogen) atoms. The van der Waals surface area contributed by atoms with Crippen LogP contribution in [0.4, 0.5) is 5.69 Å². The molecule has 172 valence electrons. The van der Waals surface area contributed by atoms with E-state index in [1.807, 2.05) is 30.3 Å². The lowest BCUT2D eigenvalue weighted by molar-refractivity contribution is -0.124. The second kappa shape index (κ2) is 10.7. The van der Waals surface area contributed by atoms with Crippen LogP contribution in [0.5, 0.6) is 5.75 Å². The van der Waals surface area contributed by atoms with Gasteiger partial charge in [0.2, 0.25) is 11.7 Å². The van der Waals surface area contributed by atoms with Crippen molar-refractivity contribution in [3.8, 4) is 17.1 Å². The lowest BCUT2D eigenvalue weighted by Crippen LogP contribution is -2.45. The average Bonchev–Trinajstić information content (AvgIpc) is 3.32. The van der Waals surface area contributed by atoms with Gasteiger partial charge in [0, 0.05) is 17.3 Å². The molecule has 1 aromatic heterocycles. The molecule has 2 aromatic carbocycles. The zero-order valence-corrected chi connectivity index (χ0v) is 18.7. The van der Waals surface area contributed by atoms with Gasteiger partial charge in [-0.3, -0.25) is 9.59 Å². The first-order chi connectivity index (χ1) is 16.1. The molecule has 1 N–H and O–H groups in total. The van der Waals surface area contributed by atoms with E-state index in [2.05, 4.69) is 20.7 Å². The van der Waals surface area contributed by atoms with E-state index in [-0.39, 0.29) is 30.9 Å². The molecular formula is C24H28N6O3. The third-order valence-corrected chi connectivity index (χ3v) is 5.72. The monoisotopic (exact) mass is 448 g/mol. The molecule has 0 saturated heterocycles. The molecule has 0 aliphatic heterocycles. The van der Waals surface area contributed by atoms with E-state index in [0.29, 0.717) is 17.3 Å². The molecule has 4 rings (SSSR count). The van der Waals surface area contributed by atoms with Gasteiger partial charge in [-0.25, -0.2) is 0 Å². The Morgan fingerprint density at radius 1 is 1.06 bits per heavy atom. The maximum absolute atomic E-state index is 13.2. The fraction of sp³-hybridized carbons (Fsp3) is 0.375.